The Bertz CT molecular complexity index is 1360. The number of methoxy groups -OCH3 is 1. The Balaban J connectivity index is 0.00000304. The van der Waals surface area contributed by atoms with Gasteiger partial charge in [0.2, 0.25) is 0 Å². The molecule has 0 spiro atoms. The number of pyridine rings is 1. The Labute approximate surface area is 229 Å². The van der Waals surface area contributed by atoms with Crippen LogP contribution in [0.4, 0.5) is 0 Å². The topological polar surface area (TPSA) is 31.4 Å². The van der Waals surface area contributed by atoms with E-state index in [1.807, 2.05) is 18.3 Å². The van der Waals surface area contributed by atoms with Crippen LogP contribution in [-0.2, 0) is 37.8 Å². The molecule has 36 heavy (non-hydrogen) atoms. The summed E-state index contributed by atoms with van der Waals surface area (Å²) in [5, 5.41) is 2.28. The van der Waals surface area contributed by atoms with Crippen molar-refractivity contribution in [3.8, 4) is 17.0 Å². The third-order valence-electron chi connectivity index (χ3n) is 6.99. The molecule has 1 heterocycles. The molecule has 0 bridgehead atoms. The van der Waals surface area contributed by atoms with Gasteiger partial charge in [-0.15, -0.1) is 29.8 Å². The van der Waals surface area contributed by atoms with Crippen LogP contribution in [0.15, 0.2) is 66.9 Å². The molecule has 5 rings (SSSR count). The van der Waals surface area contributed by atoms with E-state index in [0.717, 1.165) is 57.3 Å². The van der Waals surface area contributed by atoms with Crippen molar-refractivity contribution in [2.75, 3.05) is 13.7 Å². The van der Waals surface area contributed by atoms with E-state index < -0.39 is 5.60 Å². The fourth-order valence-corrected chi connectivity index (χ4v) is 5.25. The summed E-state index contributed by atoms with van der Waals surface area (Å²) >= 11 is 0. The van der Waals surface area contributed by atoms with Gasteiger partial charge in [0.05, 0.1) is 6.61 Å². The zero-order chi connectivity index (χ0) is 24.6. The molecule has 0 fully saturated rings. The molecule has 4 aromatic rings. The van der Waals surface area contributed by atoms with Crippen molar-refractivity contribution in [2.45, 2.75) is 46.1 Å². The molecule has 1 unspecified atom stereocenters. The monoisotopic (exact) mass is 659 g/mol. The van der Waals surface area contributed by atoms with Gasteiger partial charge in [0.15, 0.2) is 0 Å². The first-order valence-electron chi connectivity index (χ1n) is 12.7. The summed E-state index contributed by atoms with van der Waals surface area (Å²) in [5.41, 5.74) is 5.66. The minimum Gasteiger partial charge on any atom is -0.493 e. The van der Waals surface area contributed by atoms with Gasteiger partial charge in [-0.2, -0.15) is 0 Å². The van der Waals surface area contributed by atoms with Crippen LogP contribution in [0.3, 0.4) is 0 Å². The zero-order valence-corrected chi connectivity index (χ0v) is 24.0. The first-order chi connectivity index (χ1) is 17.0. The summed E-state index contributed by atoms with van der Waals surface area (Å²) in [4.78, 5) is 4.78. The van der Waals surface area contributed by atoms with Crippen LogP contribution in [0.2, 0.25) is 0 Å². The molecule has 0 saturated heterocycles. The number of nitrogens with zero attached hydrogens (tertiary/aromatic N) is 1. The van der Waals surface area contributed by atoms with E-state index in [4.69, 9.17) is 14.5 Å². The molecular weight excluding hydrogens is 625 g/mol. The molecule has 0 saturated carbocycles. The summed E-state index contributed by atoms with van der Waals surface area (Å²) in [6.07, 6.45) is 4.01. The van der Waals surface area contributed by atoms with Crippen LogP contribution in [0.1, 0.15) is 56.4 Å². The van der Waals surface area contributed by atoms with Crippen LogP contribution in [0.5, 0.6) is 5.75 Å². The normalized spacial score (nSPS) is 16.2. The maximum absolute atomic E-state index is 6.55. The van der Waals surface area contributed by atoms with Crippen molar-refractivity contribution >= 4 is 10.8 Å². The van der Waals surface area contributed by atoms with Crippen LogP contribution >= 0.6 is 0 Å². The van der Waals surface area contributed by atoms with Crippen molar-refractivity contribution in [3.63, 3.8) is 0 Å². The molecule has 3 aromatic carbocycles. The van der Waals surface area contributed by atoms with E-state index in [-0.39, 0.29) is 21.1 Å². The van der Waals surface area contributed by atoms with E-state index in [9.17, 15) is 0 Å². The Morgan fingerprint density at radius 3 is 2.50 bits per heavy atom. The number of ether oxygens (including phenoxy) is 2. The van der Waals surface area contributed by atoms with E-state index in [0.29, 0.717) is 18.4 Å². The van der Waals surface area contributed by atoms with Crippen LogP contribution in [-0.4, -0.2) is 18.7 Å². The molecule has 1 aliphatic rings. The van der Waals surface area contributed by atoms with Crippen LogP contribution < -0.4 is 4.74 Å². The maximum atomic E-state index is 6.55. The third-order valence-corrected chi connectivity index (χ3v) is 6.99. The standard InChI is InChI=1S/C32H34NO2.Pt/c1-21(2)13-14-23-15-16-25(19-29(23)35-20-22(3)4)32(34-5)27-11-7-6-10-26(27)31-30-24(17-18-33-31)9-8-12-28(30)32;/h6-9,11-12,15-19,21-22H,13-14,20H2,1-5H3;/q-1;. The van der Waals surface area contributed by atoms with Crippen LogP contribution in [0.25, 0.3) is 22.0 Å². The Morgan fingerprint density at radius 2 is 1.75 bits per heavy atom. The summed E-state index contributed by atoms with van der Waals surface area (Å²) in [5.74, 6) is 2.05. The van der Waals surface area contributed by atoms with Crippen molar-refractivity contribution in [1.29, 1.82) is 0 Å². The van der Waals surface area contributed by atoms with Gasteiger partial charge >= 0.3 is 0 Å². The van der Waals surface area contributed by atoms with Gasteiger partial charge < -0.3 is 14.5 Å². The Kier molecular flexibility index (Phi) is 8.02. The van der Waals surface area contributed by atoms with Gasteiger partial charge in [0.25, 0.3) is 0 Å². The molecule has 1 aliphatic carbocycles. The minimum atomic E-state index is -0.783. The second-order valence-corrected chi connectivity index (χ2v) is 10.4. The first-order valence-corrected chi connectivity index (χ1v) is 12.7. The molecular formula is C32H34NO2Pt-. The van der Waals surface area contributed by atoms with E-state index >= 15 is 0 Å². The van der Waals surface area contributed by atoms with E-state index in [1.165, 1.54) is 5.56 Å². The number of benzene rings is 3. The molecule has 1 atom stereocenters. The van der Waals surface area contributed by atoms with E-state index in [1.54, 1.807) is 7.11 Å². The fourth-order valence-electron chi connectivity index (χ4n) is 5.25. The number of hydrogen-bond acceptors (Lipinski definition) is 3. The summed E-state index contributed by atoms with van der Waals surface area (Å²) in [6, 6.07) is 24.8. The number of hydrogen-bond donors (Lipinski definition) is 0. The third kappa shape index (κ3) is 4.53. The maximum Gasteiger partial charge on any atom is 0.122 e. The van der Waals surface area contributed by atoms with Gasteiger partial charge in [0, 0.05) is 34.4 Å². The Hall–Kier alpha value is -2.48. The SMILES string of the molecule is COC1(c2ccc(CCC(C)C)c(OCC(C)C)c2)c2ccc[c-]c2-c2nccc3cccc1c23.[Pt]. The molecule has 4 heteroatoms. The van der Waals surface area contributed by atoms with Crippen molar-refractivity contribution in [1.82, 2.24) is 4.98 Å². The summed E-state index contributed by atoms with van der Waals surface area (Å²) in [7, 11) is 1.80. The molecule has 3 nitrogen and oxygen atoms in total. The Morgan fingerprint density at radius 1 is 0.944 bits per heavy atom. The van der Waals surface area contributed by atoms with Crippen molar-refractivity contribution in [3.05, 3.63) is 95.2 Å². The molecule has 0 N–H and O–H groups in total. The number of fused-ring (bicyclic) bond motifs is 2. The second-order valence-electron chi connectivity index (χ2n) is 10.4. The first kappa shape index (κ1) is 26.6. The predicted molar refractivity (Wildman–Crippen MR) is 143 cm³/mol. The average molecular weight is 660 g/mol. The van der Waals surface area contributed by atoms with Gasteiger partial charge in [-0.05, 0) is 70.0 Å². The minimum absolute atomic E-state index is 0. The number of aryl methyl sites for hydroxylation is 1. The average Bonchev–Trinajstić information content (AvgIpc) is 2.87. The summed E-state index contributed by atoms with van der Waals surface area (Å²) in [6.45, 7) is 9.60. The van der Waals surface area contributed by atoms with Crippen LogP contribution in [0, 0.1) is 17.9 Å². The van der Waals surface area contributed by atoms with Crippen molar-refractivity contribution < 1.29 is 30.5 Å². The number of aromatic nitrogens is 1. The molecule has 190 valence electrons. The largest absolute Gasteiger partial charge is 0.493 e. The van der Waals surface area contributed by atoms with Gasteiger partial charge in [-0.3, -0.25) is 0 Å². The summed E-state index contributed by atoms with van der Waals surface area (Å²) < 4.78 is 13.0. The predicted octanol–water partition coefficient (Wildman–Crippen LogP) is 7.57. The van der Waals surface area contributed by atoms with Gasteiger partial charge in [-0.1, -0.05) is 63.6 Å². The fraction of sp³-hybridized carbons (Fsp3) is 0.344. The van der Waals surface area contributed by atoms with Crippen molar-refractivity contribution in [2.24, 2.45) is 11.8 Å². The smallest absolute Gasteiger partial charge is 0.122 e. The number of rotatable bonds is 8. The van der Waals surface area contributed by atoms with Gasteiger partial charge in [0.1, 0.15) is 11.4 Å². The van der Waals surface area contributed by atoms with E-state index in [2.05, 4.69) is 82.3 Å². The van der Waals surface area contributed by atoms with Gasteiger partial charge in [-0.25, -0.2) is 0 Å². The molecule has 0 amide bonds. The second kappa shape index (κ2) is 10.9. The zero-order valence-electron chi connectivity index (χ0n) is 21.7. The quantitative estimate of drug-likeness (QED) is 0.183. The molecule has 0 radical (unpaired) electrons. The molecule has 0 aliphatic heterocycles. The molecule has 1 aromatic heterocycles.